The van der Waals surface area contributed by atoms with Gasteiger partial charge in [0.15, 0.2) is 6.54 Å². The summed E-state index contributed by atoms with van der Waals surface area (Å²) >= 11 is 0. The lowest BCUT2D eigenvalue weighted by atomic mass is 10.1. The SMILES string of the molecule is CC[N+]1(CC(=O)O)CCN(C(=O)CNC(=O)c2ccc(CCN)cc2)C(C(=O)OC)C1=O. The highest BCUT2D eigenvalue weighted by atomic mass is 16.5. The fourth-order valence-electron chi connectivity index (χ4n) is 3.73. The van der Waals surface area contributed by atoms with Gasteiger partial charge in [-0.25, -0.2) is 18.9 Å². The lowest BCUT2D eigenvalue weighted by Gasteiger charge is -2.43. The third-order valence-electron chi connectivity index (χ3n) is 5.62. The number of hydrogen-bond donors (Lipinski definition) is 3. The minimum absolute atomic E-state index is 0.0326. The summed E-state index contributed by atoms with van der Waals surface area (Å²) in [5.41, 5.74) is 6.83. The number of piperazine rings is 1. The van der Waals surface area contributed by atoms with Crippen molar-refractivity contribution in [3.63, 3.8) is 0 Å². The van der Waals surface area contributed by atoms with Crippen molar-refractivity contribution in [2.24, 2.45) is 5.73 Å². The first-order valence-electron chi connectivity index (χ1n) is 10.3. The summed E-state index contributed by atoms with van der Waals surface area (Å²) in [6.07, 6.45) is 0.679. The minimum Gasteiger partial charge on any atom is -0.477 e. The van der Waals surface area contributed by atoms with Gasteiger partial charge in [-0.15, -0.1) is 0 Å². The van der Waals surface area contributed by atoms with E-state index in [1.54, 1.807) is 31.2 Å². The molecule has 1 aliphatic heterocycles. The van der Waals surface area contributed by atoms with Gasteiger partial charge in [0.2, 0.25) is 11.9 Å². The first kappa shape index (κ1) is 25.0. The number of rotatable bonds is 9. The number of aliphatic carboxylic acids is 1. The lowest BCUT2D eigenvalue weighted by Crippen LogP contribution is -2.71. The number of carbonyl (C=O) groups excluding carboxylic acids is 4. The van der Waals surface area contributed by atoms with E-state index in [-0.39, 0.29) is 19.6 Å². The molecule has 3 amide bonds. The number of nitrogens with one attached hydrogen (secondary N) is 1. The summed E-state index contributed by atoms with van der Waals surface area (Å²) in [5.74, 6) is -3.99. The Morgan fingerprint density at radius 1 is 1.25 bits per heavy atom. The second-order valence-electron chi connectivity index (χ2n) is 7.51. The topological polar surface area (TPSA) is 156 Å². The van der Waals surface area contributed by atoms with Gasteiger partial charge in [-0.3, -0.25) is 9.59 Å². The van der Waals surface area contributed by atoms with Gasteiger partial charge in [-0.1, -0.05) is 12.1 Å². The number of ether oxygens (including phenoxy) is 1. The van der Waals surface area contributed by atoms with Crippen LogP contribution in [0.25, 0.3) is 0 Å². The Kier molecular flexibility index (Phi) is 8.44. The van der Waals surface area contributed by atoms with E-state index < -0.39 is 53.3 Å². The molecule has 1 aromatic rings. The molecule has 1 saturated heterocycles. The Morgan fingerprint density at radius 3 is 2.44 bits per heavy atom. The minimum atomic E-state index is -1.58. The molecule has 1 aromatic carbocycles. The Bertz CT molecular complexity index is 887. The summed E-state index contributed by atoms with van der Waals surface area (Å²) in [4.78, 5) is 62.9. The highest BCUT2D eigenvalue weighted by Gasteiger charge is 2.53. The monoisotopic (exact) mass is 449 g/mol. The molecule has 0 aliphatic carbocycles. The van der Waals surface area contributed by atoms with E-state index in [1.165, 1.54) is 0 Å². The van der Waals surface area contributed by atoms with Crippen molar-refractivity contribution in [2.45, 2.75) is 19.4 Å². The van der Waals surface area contributed by atoms with Gasteiger partial charge in [0, 0.05) is 5.56 Å². The lowest BCUT2D eigenvalue weighted by molar-refractivity contribution is -0.849. The van der Waals surface area contributed by atoms with Crippen molar-refractivity contribution in [1.82, 2.24) is 10.2 Å². The van der Waals surface area contributed by atoms with Crippen molar-refractivity contribution >= 4 is 29.7 Å². The third-order valence-corrected chi connectivity index (χ3v) is 5.62. The molecule has 0 radical (unpaired) electrons. The summed E-state index contributed by atoms with van der Waals surface area (Å²) in [7, 11) is 1.08. The predicted molar refractivity (Wildman–Crippen MR) is 112 cm³/mol. The Hall–Kier alpha value is -3.31. The number of esters is 1. The van der Waals surface area contributed by atoms with Crippen LogP contribution in [0.3, 0.4) is 0 Å². The van der Waals surface area contributed by atoms with Crippen LogP contribution in [0.2, 0.25) is 0 Å². The van der Waals surface area contributed by atoms with Gasteiger partial charge in [-0.2, -0.15) is 0 Å². The fourth-order valence-corrected chi connectivity index (χ4v) is 3.73. The second kappa shape index (κ2) is 10.8. The average Bonchev–Trinajstić information content (AvgIpc) is 2.78. The fraction of sp³-hybridized carbons (Fsp3) is 0.476. The first-order chi connectivity index (χ1) is 15.2. The molecule has 4 N–H and O–H groups in total. The number of hydrogen-bond acceptors (Lipinski definition) is 7. The standard InChI is InChI=1S/C21H28N4O7/c1-3-25(13-17(27)28)11-10-24(18(20(25)30)21(31)32-2)16(26)12-23-19(29)15-6-4-14(5-7-15)8-9-22/h4-7,18H,3,8-13,22H2,1-2H3,(H-,23,27,28,29)/p+1. The smallest absolute Gasteiger partial charge is 0.359 e. The van der Waals surface area contributed by atoms with Crippen molar-refractivity contribution in [3.05, 3.63) is 35.4 Å². The Balaban J connectivity index is 2.12. The van der Waals surface area contributed by atoms with E-state index in [0.29, 0.717) is 18.5 Å². The molecule has 2 rings (SSSR count). The second-order valence-corrected chi connectivity index (χ2v) is 7.51. The number of likely N-dealkylation sites (N-methyl/N-ethyl adjacent to an activating group) is 1. The van der Waals surface area contributed by atoms with Crippen molar-refractivity contribution < 1.29 is 38.3 Å². The van der Waals surface area contributed by atoms with E-state index in [1.807, 2.05) is 0 Å². The molecule has 32 heavy (non-hydrogen) atoms. The molecule has 0 bridgehead atoms. The van der Waals surface area contributed by atoms with Gasteiger partial charge >= 0.3 is 17.8 Å². The number of nitrogens with two attached hydrogens (primary N) is 1. The third kappa shape index (κ3) is 5.48. The average molecular weight is 449 g/mol. The molecule has 0 saturated carbocycles. The number of amides is 3. The zero-order chi connectivity index (χ0) is 23.9. The van der Waals surface area contributed by atoms with Crippen molar-refractivity contribution in [2.75, 3.05) is 46.4 Å². The predicted octanol–water partition coefficient (Wildman–Crippen LogP) is -1.25. The summed E-state index contributed by atoms with van der Waals surface area (Å²) < 4.78 is 4.23. The summed E-state index contributed by atoms with van der Waals surface area (Å²) in [6, 6.07) is 5.19. The molecule has 0 spiro atoms. The van der Waals surface area contributed by atoms with Crippen LogP contribution < -0.4 is 11.1 Å². The van der Waals surface area contributed by atoms with Crippen LogP contribution in [0.4, 0.5) is 0 Å². The number of benzene rings is 1. The Morgan fingerprint density at radius 2 is 1.91 bits per heavy atom. The number of carboxylic acids is 1. The van der Waals surface area contributed by atoms with Gasteiger partial charge in [-0.05, 0) is 37.6 Å². The van der Waals surface area contributed by atoms with Crippen LogP contribution in [-0.2, 0) is 30.3 Å². The normalized spacial score (nSPS) is 20.5. The molecule has 1 fully saturated rings. The molecule has 11 nitrogen and oxygen atoms in total. The van der Waals surface area contributed by atoms with Crippen LogP contribution in [0, 0.1) is 0 Å². The number of carbonyl (C=O) groups is 5. The molecule has 1 heterocycles. The summed E-state index contributed by atoms with van der Waals surface area (Å²) in [6.45, 7) is 1.35. The highest BCUT2D eigenvalue weighted by molar-refractivity contribution is 6.04. The van der Waals surface area contributed by atoms with E-state index in [9.17, 15) is 29.1 Å². The number of methoxy groups -OCH3 is 1. The maximum Gasteiger partial charge on any atom is 0.359 e. The van der Waals surface area contributed by atoms with E-state index in [0.717, 1.165) is 17.6 Å². The molecule has 2 atom stereocenters. The van der Waals surface area contributed by atoms with E-state index in [4.69, 9.17) is 10.5 Å². The molecule has 0 aromatic heterocycles. The van der Waals surface area contributed by atoms with Crippen LogP contribution in [-0.4, -0.2) is 96.6 Å². The largest absolute Gasteiger partial charge is 0.477 e. The van der Waals surface area contributed by atoms with Gasteiger partial charge in [0.25, 0.3) is 5.91 Å². The molecule has 1 aliphatic rings. The summed E-state index contributed by atoms with van der Waals surface area (Å²) in [5, 5.41) is 11.7. The maximum atomic E-state index is 13.1. The van der Waals surface area contributed by atoms with Crippen LogP contribution in [0.5, 0.6) is 0 Å². The maximum absolute atomic E-state index is 13.1. The molecular weight excluding hydrogens is 420 g/mol. The van der Waals surface area contributed by atoms with E-state index >= 15 is 0 Å². The van der Waals surface area contributed by atoms with Gasteiger partial charge in [0.1, 0.15) is 6.54 Å². The number of nitrogens with zero attached hydrogens (tertiary/aromatic N) is 2. The molecular formula is C21H29N4O7+. The van der Waals surface area contributed by atoms with Crippen molar-refractivity contribution in [3.8, 4) is 0 Å². The first-order valence-corrected chi connectivity index (χ1v) is 10.3. The number of carboxylic acid groups (broad SMARTS) is 1. The van der Waals surface area contributed by atoms with Gasteiger partial charge in [0.05, 0.1) is 26.7 Å². The van der Waals surface area contributed by atoms with Crippen molar-refractivity contribution in [1.29, 1.82) is 0 Å². The van der Waals surface area contributed by atoms with Crippen LogP contribution >= 0.6 is 0 Å². The molecule has 2 unspecified atom stereocenters. The zero-order valence-electron chi connectivity index (χ0n) is 18.2. The zero-order valence-corrected chi connectivity index (χ0v) is 18.2. The van der Waals surface area contributed by atoms with E-state index in [2.05, 4.69) is 5.32 Å². The van der Waals surface area contributed by atoms with Crippen LogP contribution in [0.1, 0.15) is 22.8 Å². The Labute approximate surface area is 185 Å². The number of quaternary nitrogens is 1. The van der Waals surface area contributed by atoms with Gasteiger partial charge < -0.3 is 25.8 Å². The quantitative estimate of drug-likeness (QED) is 0.240. The van der Waals surface area contributed by atoms with Crippen LogP contribution in [0.15, 0.2) is 24.3 Å². The molecule has 174 valence electrons. The molecule has 11 heteroatoms. The highest BCUT2D eigenvalue weighted by Crippen LogP contribution is 2.21.